The van der Waals surface area contributed by atoms with Gasteiger partial charge in [0.15, 0.2) is 9.84 Å². The van der Waals surface area contributed by atoms with Crippen LogP contribution in [0.1, 0.15) is 30.5 Å². The monoisotopic (exact) mass is 364 g/mol. The highest BCUT2D eigenvalue weighted by Gasteiger charge is 2.41. The Morgan fingerprint density at radius 2 is 1.76 bits per heavy atom. The maximum absolute atomic E-state index is 14.3. The molecule has 0 saturated heterocycles. The number of sulfone groups is 1. The second kappa shape index (κ2) is 5.81. The van der Waals surface area contributed by atoms with Crippen LogP contribution in [0, 0.1) is 5.82 Å². The number of esters is 1. The lowest BCUT2D eigenvalue weighted by molar-refractivity contribution is -0.141. The zero-order valence-corrected chi connectivity index (χ0v) is 14.5. The summed E-state index contributed by atoms with van der Waals surface area (Å²) in [7, 11) is -3.45. The summed E-state index contributed by atoms with van der Waals surface area (Å²) in [4.78, 5) is 12.7. The maximum atomic E-state index is 14.3. The van der Waals surface area contributed by atoms with Gasteiger partial charge in [0, 0.05) is 11.8 Å². The molecule has 0 unspecified atom stereocenters. The molecule has 4 nitrogen and oxygen atoms in total. The molecule has 1 aliphatic heterocycles. The summed E-state index contributed by atoms with van der Waals surface area (Å²) in [5.74, 6) is -2.20. The van der Waals surface area contributed by atoms with Crippen LogP contribution in [0.2, 0.25) is 0 Å². The van der Waals surface area contributed by atoms with E-state index in [4.69, 9.17) is 10.2 Å². The van der Waals surface area contributed by atoms with E-state index in [1.54, 1.807) is 13.8 Å². The molecule has 0 amide bonds. The summed E-state index contributed by atoms with van der Waals surface area (Å²) in [6, 6.07) is 2.50. The van der Waals surface area contributed by atoms with Crippen molar-refractivity contribution in [2.45, 2.75) is 24.3 Å². The van der Waals surface area contributed by atoms with Crippen LogP contribution >= 0.6 is 0 Å². The highest BCUT2D eigenvalue weighted by Crippen LogP contribution is 2.43. The number of rotatable bonds is 3. The van der Waals surface area contributed by atoms with Crippen LogP contribution in [0.15, 0.2) is 53.3 Å². The molecule has 25 heavy (non-hydrogen) atoms. The van der Waals surface area contributed by atoms with E-state index in [2.05, 4.69) is 0 Å². The molecule has 0 aromatic heterocycles. The van der Waals surface area contributed by atoms with Crippen molar-refractivity contribution in [2.75, 3.05) is 6.26 Å². The molecule has 3 rings (SSSR count). The van der Waals surface area contributed by atoms with Crippen LogP contribution in [0.25, 0.3) is 11.1 Å². The fourth-order valence-corrected chi connectivity index (χ4v) is 3.40. The van der Waals surface area contributed by atoms with Crippen LogP contribution in [0.3, 0.4) is 0 Å². The number of cyclic esters (lactones) is 1. The van der Waals surface area contributed by atoms with Crippen LogP contribution in [0.5, 0.6) is 0 Å². The quantitative estimate of drug-likeness (QED) is 0.783. The van der Waals surface area contributed by atoms with Gasteiger partial charge in [-0.1, -0.05) is 24.2 Å². The Labute approximate surface area is 151 Å². The maximum Gasteiger partial charge on any atom is 0.340 e. The number of carbonyl (C=O) groups excluding carboxylic acids is 1. The standard InChI is InChI=1S/C19H17FO4S/c1-19(2)17(12-7-9-15(10-8-12)25(3,22)23)16(18(21)24-19)13-5-4-6-14(20)11-13/h4-11H,1-3H3/i4D,5D,6D,11D. The van der Waals surface area contributed by atoms with Gasteiger partial charge in [-0.2, -0.15) is 0 Å². The molecule has 1 aliphatic rings. The molecule has 2 aromatic carbocycles. The van der Waals surface area contributed by atoms with Gasteiger partial charge in [-0.3, -0.25) is 0 Å². The molecule has 0 radical (unpaired) electrons. The van der Waals surface area contributed by atoms with E-state index in [0.29, 0.717) is 5.56 Å². The van der Waals surface area contributed by atoms with Crippen molar-refractivity contribution >= 4 is 27.0 Å². The molecule has 6 heteroatoms. The smallest absolute Gasteiger partial charge is 0.340 e. The first-order valence-corrected chi connectivity index (χ1v) is 9.21. The van der Waals surface area contributed by atoms with Crippen molar-refractivity contribution in [3.63, 3.8) is 0 Å². The first-order chi connectivity index (χ1) is 13.3. The Bertz CT molecular complexity index is 1160. The van der Waals surface area contributed by atoms with Gasteiger partial charge < -0.3 is 4.74 Å². The molecule has 130 valence electrons. The number of hydrogen-bond donors (Lipinski definition) is 0. The summed E-state index contributed by atoms with van der Waals surface area (Å²) in [5, 5.41) is 0. The SMILES string of the molecule is [2H]c1c([2H])c(F)c([2H])c(C2=C(c3ccc(S(C)(=O)=O)cc3)C(C)(C)OC2=O)c1[2H]. The molecule has 0 fully saturated rings. The molecule has 0 N–H and O–H groups in total. The molecule has 0 saturated carbocycles. The Morgan fingerprint density at radius 3 is 2.36 bits per heavy atom. The van der Waals surface area contributed by atoms with Crippen LogP contribution in [-0.2, 0) is 19.4 Å². The fraction of sp³-hybridized carbons (Fsp3) is 0.211. The normalized spacial score (nSPS) is 19.1. The molecule has 0 spiro atoms. The molecule has 0 aliphatic carbocycles. The van der Waals surface area contributed by atoms with E-state index in [1.165, 1.54) is 24.3 Å². The van der Waals surface area contributed by atoms with Crippen molar-refractivity contribution in [1.29, 1.82) is 0 Å². The Hall–Kier alpha value is -2.47. The van der Waals surface area contributed by atoms with Gasteiger partial charge in [0.05, 0.1) is 16.0 Å². The van der Waals surface area contributed by atoms with Gasteiger partial charge in [0.2, 0.25) is 0 Å². The minimum Gasteiger partial charge on any atom is -0.451 e. The van der Waals surface area contributed by atoms with Gasteiger partial charge in [-0.05, 0) is 49.2 Å². The van der Waals surface area contributed by atoms with E-state index in [0.717, 1.165) is 6.26 Å². The molecule has 1 heterocycles. The van der Waals surface area contributed by atoms with Crippen molar-refractivity contribution in [2.24, 2.45) is 0 Å². The van der Waals surface area contributed by atoms with Gasteiger partial charge in [0.25, 0.3) is 0 Å². The van der Waals surface area contributed by atoms with Crippen molar-refractivity contribution < 1.29 is 27.8 Å². The third-order valence-corrected chi connectivity index (χ3v) is 4.95. The lowest BCUT2D eigenvalue weighted by Gasteiger charge is -2.21. The summed E-state index contributed by atoms with van der Waals surface area (Å²) in [5.41, 5.74) is -1.26. The minimum absolute atomic E-state index is 0.0619. The lowest BCUT2D eigenvalue weighted by Crippen LogP contribution is -2.22. The summed E-state index contributed by atoms with van der Waals surface area (Å²) < 4.78 is 74.5. The van der Waals surface area contributed by atoms with Gasteiger partial charge in [-0.25, -0.2) is 17.6 Å². The van der Waals surface area contributed by atoms with Crippen molar-refractivity contribution in [3.8, 4) is 0 Å². The predicted molar refractivity (Wildman–Crippen MR) is 92.9 cm³/mol. The number of carbonyl (C=O) groups is 1. The topological polar surface area (TPSA) is 60.4 Å². The average molecular weight is 364 g/mol. The van der Waals surface area contributed by atoms with E-state index in [-0.39, 0.29) is 16.0 Å². The Morgan fingerprint density at radius 1 is 1.12 bits per heavy atom. The third kappa shape index (κ3) is 3.22. The van der Waals surface area contributed by atoms with Gasteiger partial charge in [0.1, 0.15) is 11.4 Å². The molecular weight excluding hydrogens is 343 g/mol. The lowest BCUT2D eigenvalue weighted by atomic mass is 9.87. The van der Waals surface area contributed by atoms with Crippen LogP contribution < -0.4 is 0 Å². The highest BCUT2D eigenvalue weighted by molar-refractivity contribution is 7.90. The van der Waals surface area contributed by atoms with E-state index in [9.17, 15) is 17.6 Å². The van der Waals surface area contributed by atoms with E-state index >= 15 is 0 Å². The summed E-state index contributed by atoms with van der Waals surface area (Å²) in [6.07, 6.45) is 1.05. The zero-order chi connectivity index (χ0) is 21.9. The van der Waals surface area contributed by atoms with Crippen LogP contribution in [-0.4, -0.2) is 26.2 Å². The van der Waals surface area contributed by atoms with Gasteiger partial charge >= 0.3 is 5.97 Å². The first-order valence-electron chi connectivity index (χ1n) is 9.32. The van der Waals surface area contributed by atoms with Crippen molar-refractivity contribution in [3.05, 3.63) is 65.4 Å². The van der Waals surface area contributed by atoms with E-state index in [1.807, 2.05) is 0 Å². The number of hydrogen-bond acceptors (Lipinski definition) is 4. The second-order valence-corrected chi connectivity index (χ2v) is 8.15. The largest absolute Gasteiger partial charge is 0.451 e. The summed E-state index contributed by atoms with van der Waals surface area (Å²) in [6.45, 7) is 3.14. The Balaban J connectivity index is 2.37. The summed E-state index contributed by atoms with van der Waals surface area (Å²) >= 11 is 0. The predicted octanol–water partition coefficient (Wildman–Crippen LogP) is 3.48. The van der Waals surface area contributed by atoms with Gasteiger partial charge in [-0.15, -0.1) is 0 Å². The minimum atomic E-state index is -3.45. The third-order valence-electron chi connectivity index (χ3n) is 3.82. The molecular formula is C19H17FO4S. The fourth-order valence-electron chi connectivity index (χ4n) is 2.77. The zero-order valence-electron chi connectivity index (χ0n) is 17.7. The second-order valence-electron chi connectivity index (χ2n) is 6.14. The number of halogens is 1. The molecule has 2 aromatic rings. The highest BCUT2D eigenvalue weighted by atomic mass is 32.2. The Kier molecular flexibility index (Phi) is 2.98. The molecule has 0 bridgehead atoms. The van der Waals surface area contributed by atoms with Crippen molar-refractivity contribution in [1.82, 2.24) is 0 Å². The van der Waals surface area contributed by atoms with E-state index < -0.39 is 57.0 Å². The average Bonchev–Trinajstić information content (AvgIpc) is 2.86. The number of benzene rings is 2. The van der Waals surface area contributed by atoms with Crippen LogP contribution in [0.4, 0.5) is 4.39 Å². The number of ether oxygens (including phenoxy) is 1. The first kappa shape index (κ1) is 12.8. The molecule has 0 atom stereocenters.